The van der Waals surface area contributed by atoms with Gasteiger partial charge in [-0.3, -0.25) is 0 Å². The van der Waals surface area contributed by atoms with Crippen LogP contribution in [0, 0.1) is 13.8 Å². The molecule has 0 atom stereocenters. The van der Waals surface area contributed by atoms with Gasteiger partial charge in [-0.2, -0.15) is 0 Å². The zero-order valence-electron chi connectivity index (χ0n) is 20.5. The quantitative estimate of drug-likeness (QED) is 0.226. The molecule has 0 saturated heterocycles. The number of benzene rings is 7. The predicted molar refractivity (Wildman–Crippen MR) is 157 cm³/mol. The summed E-state index contributed by atoms with van der Waals surface area (Å²) in [6.45, 7) is 4.42. The second-order valence-electron chi connectivity index (χ2n) is 9.85. The maximum atomic E-state index is 2.33. The number of hydrogen-bond acceptors (Lipinski definition) is 0. The van der Waals surface area contributed by atoms with E-state index in [0.717, 1.165) is 0 Å². The molecule has 0 aliphatic carbocycles. The van der Waals surface area contributed by atoms with E-state index in [1.54, 1.807) is 0 Å². The molecule has 7 aromatic carbocycles. The summed E-state index contributed by atoms with van der Waals surface area (Å²) in [6.07, 6.45) is 0. The monoisotopic (exact) mass is 458 g/mol. The minimum atomic E-state index is 1.28. The molecule has 0 aliphatic rings. The van der Waals surface area contributed by atoms with Gasteiger partial charge in [0.25, 0.3) is 0 Å². The third kappa shape index (κ3) is 3.08. The van der Waals surface area contributed by atoms with Crippen LogP contribution in [-0.2, 0) is 0 Å². The zero-order chi connectivity index (χ0) is 24.2. The van der Waals surface area contributed by atoms with Crippen molar-refractivity contribution in [3.63, 3.8) is 0 Å². The fourth-order valence-electron chi connectivity index (χ4n) is 6.00. The molecule has 0 unspecified atom stereocenters. The van der Waals surface area contributed by atoms with E-state index in [1.165, 1.54) is 76.5 Å². The topological polar surface area (TPSA) is 0 Å². The second kappa shape index (κ2) is 8.07. The maximum absolute atomic E-state index is 2.33. The fraction of sp³-hybridized carbons (Fsp3) is 0.0556. The molecule has 0 nitrogen and oxygen atoms in total. The predicted octanol–water partition coefficient (Wildman–Crippen LogP) is 10.3. The average molecular weight is 459 g/mol. The van der Waals surface area contributed by atoms with Crippen LogP contribution in [0.25, 0.3) is 65.3 Å². The molecule has 0 heteroatoms. The molecule has 0 radical (unpaired) electrons. The van der Waals surface area contributed by atoms with E-state index < -0.39 is 0 Å². The Morgan fingerprint density at radius 1 is 0.361 bits per heavy atom. The lowest BCUT2D eigenvalue weighted by Crippen LogP contribution is -1.94. The van der Waals surface area contributed by atoms with Gasteiger partial charge >= 0.3 is 0 Å². The van der Waals surface area contributed by atoms with Crippen molar-refractivity contribution in [1.29, 1.82) is 0 Å². The Morgan fingerprint density at radius 2 is 0.889 bits per heavy atom. The van der Waals surface area contributed by atoms with Crippen molar-refractivity contribution in [1.82, 2.24) is 0 Å². The van der Waals surface area contributed by atoms with Gasteiger partial charge in [0.15, 0.2) is 0 Å². The van der Waals surface area contributed by atoms with Crippen LogP contribution >= 0.6 is 0 Å². The lowest BCUT2D eigenvalue weighted by Gasteiger charge is -2.21. The fourth-order valence-corrected chi connectivity index (χ4v) is 6.00. The molecule has 0 N–H and O–H groups in total. The summed E-state index contributed by atoms with van der Waals surface area (Å²) in [4.78, 5) is 0. The van der Waals surface area contributed by atoms with Gasteiger partial charge in [0.05, 0.1) is 0 Å². The zero-order valence-corrected chi connectivity index (χ0v) is 20.5. The number of fused-ring (bicyclic) bond motifs is 4. The van der Waals surface area contributed by atoms with E-state index in [9.17, 15) is 0 Å². The van der Waals surface area contributed by atoms with Gasteiger partial charge in [0, 0.05) is 0 Å². The van der Waals surface area contributed by atoms with Crippen LogP contribution < -0.4 is 0 Å². The van der Waals surface area contributed by atoms with Crippen molar-refractivity contribution in [2.45, 2.75) is 13.8 Å². The first kappa shape index (κ1) is 20.9. The summed E-state index contributed by atoms with van der Waals surface area (Å²) < 4.78 is 0. The Morgan fingerprint density at radius 3 is 1.58 bits per heavy atom. The second-order valence-corrected chi connectivity index (χ2v) is 9.85. The Bertz CT molecular complexity index is 1900. The maximum Gasteiger partial charge on any atom is -0.00175 e. The highest BCUT2D eigenvalue weighted by atomic mass is 14.2. The van der Waals surface area contributed by atoms with Gasteiger partial charge < -0.3 is 0 Å². The van der Waals surface area contributed by atoms with Crippen LogP contribution in [0.2, 0.25) is 0 Å². The van der Waals surface area contributed by atoms with Crippen LogP contribution in [0.4, 0.5) is 0 Å². The molecule has 7 rings (SSSR count). The standard InChI is InChI=1S/C36H26/c1-23-18-20-26-11-9-17-32(33(26)22-23)35-28-13-5-7-15-30(28)36(31-16-8-6-14-29(31)35)34-24(2)19-21-25-10-3-4-12-27(25)34/h3-22H,1-2H3. The number of hydrogen-bond donors (Lipinski definition) is 0. The summed E-state index contributed by atoms with van der Waals surface area (Å²) in [5.74, 6) is 0. The molecule has 0 aromatic heterocycles. The normalized spacial score (nSPS) is 11.6. The van der Waals surface area contributed by atoms with E-state index in [-0.39, 0.29) is 0 Å². The van der Waals surface area contributed by atoms with Crippen LogP contribution in [0.15, 0.2) is 121 Å². The highest BCUT2D eigenvalue weighted by molar-refractivity contribution is 6.25. The Labute approximate surface area is 211 Å². The summed E-state index contributed by atoms with van der Waals surface area (Å²) >= 11 is 0. The smallest absolute Gasteiger partial charge is 0.00175 e. The lowest BCUT2D eigenvalue weighted by molar-refractivity contribution is 1.50. The van der Waals surface area contributed by atoms with Crippen molar-refractivity contribution in [2.24, 2.45) is 0 Å². The van der Waals surface area contributed by atoms with Gasteiger partial charge in [0.2, 0.25) is 0 Å². The van der Waals surface area contributed by atoms with E-state index in [0.29, 0.717) is 0 Å². The van der Waals surface area contributed by atoms with Crippen LogP contribution in [0.3, 0.4) is 0 Å². The molecule has 36 heavy (non-hydrogen) atoms. The molecular formula is C36H26. The van der Waals surface area contributed by atoms with Crippen LogP contribution in [-0.4, -0.2) is 0 Å². The molecule has 0 saturated carbocycles. The molecule has 0 bridgehead atoms. The first-order valence-electron chi connectivity index (χ1n) is 12.6. The van der Waals surface area contributed by atoms with Crippen LogP contribution in [0.1, 0.15) is 11.1 Å². The minimum absolute atomic E-state index is 1.28. The molecule has 0 heterocycles. The molecule has 0 spiro atoms. The van der Waals surface area contributed by atoms with Crippen molar-refractivity contribution >= 4 is 43.1 Å². The molecule has 0 amide bonds. The van der Waals surface area contributed by atoms with Gasteiger partial charge in [-0.15, -0.1) is 0 Å². The van der Waals surface area contributed by atoms with Crippen molar-refractivity contribution in [3.8, 4) is 22.3 Å². The van der Waals surface area contributed by atoms with E-state index in [2.05, 4.69) is 135 Å². The third-order valence-corrected chi connectivity index (χ3v) is 7.63. The Hall–Kier alpha value is -4.42. The number of aryl methyl sites for hydroxylation is 2. The molecule has 7 aromatic rings. The first-order valence-corrected chi connectivity index (χ1v) is 12.6. The van der Waals surface area contributed by atoms with E-state index in [4.69, 9.17) is 0 Å². The Balaban J connectivity index is 1.71. The highest BCUT2D eigenvalue weighted by Gasteiger charge is 2.19. The van der Waals surface area contributed by atoms with E-state index >= 15 is 0 Å². The lowest BCUT2D eigenvalue weighted by atomic mass is 9.82. The van der Waals surface area contributed by atoms with E-state index in [1.807, 2.05) is 0 Å². The SMILES string of the molecule is Cc1ccc2cccc(-c3c4ccccc4c(-c4c(C)ccc5ccccc45)c4ccccc34)c2c1. The first-order chi connectivity index (χ1) is 17.7. The summed E-state index contributed by atoms with van der Waals surface area (Å²) in [5, 5.41) is 10.4. The van der Waals surface area contributed by atoms with Gasteiger partial charge in [-0.05, 0) is 84.8 Å². The third-order valence-electron chi connectivity index (χ3n) is 7.63. The average Bonchev–Trinajstić information content (AvgIpc) is 2.92. The Kier molecular flexibility index (Phi) is 4.69. The largest absolute Gasteiger partial charge is 0.0616 e. The summed E-state index contributed by atoms with van der Waals surface area (Å²) in [7, 11) is 0. The summed E-state index contributed by atoms with van der Waals surface area (Å²) in [6, 6.07) is 44.7. The van der Waals surface area contributed by atoms with Gasteiger partial charge in [0.1, 0.15) is 0 Å². The number of rotatable bonds is 2. The van der Waals surface area contributed by atoms with Crippen molar-refractivity contribution in [2.75, 3.05) is 0 Å². The van der Waals surface area contributed by atoms with Crippen molar-refractivity contribution < 1.29 is 0 Å². The van der Waals surface area contributed by atoms with Crippen LogP contribution in [0.5, 0.6) is 0 Å². The van der Waals surface area contributed by atoms with Gasteiger partial charge in [-0.1, -0.05) is 127 Å². The van der Waals surface area contributed by atoms with Gasteiger partial charge in [-0.25, -0.2) is 0 Å². The van der Waals surface area contributed by atoms with Crippen molar-refractivity contribution in [3.05, 3.63) is 132 Å². The molecular weight excluding hydrogens is 432 g/mol. The molecule has 0 aliphatic heterocycles. The molecule has 0 fully saturated rings. The summed E-state index contributed by atoms with van der Waals surface area (Å²) in [5.41, 5.74) is 7.87. The highest BCUT2D eigenvalue weighted by Crippen LogP contribution is 2.47. The minimum Gasteiger partial charge on any atom is -0.0616 e. The molecule has 170 valence electrons.